The topological polar surface area (TPSA) is 97.1 Å². The van der Waals surface area contributed by atoms with Crippen LogP contribution in [0.15, 0.2) is 28.7 Å². The average molecular weight is 376 g/mol. The summed E-state index contributed by atoms with van der Waals surface area (Å²) in [5.41, 5.74) is -0.769. The zero-order chi connectivity index (χ0) is 18.2. The van der Waals surface area contributed by atoms with E-state index < -0.39 is 27.0 Å². The smallest absolute Gasteiger partial charge is 0.416 e. The molecule has 1 aliphatic rings. The lowest BCUT2D eigenvalue weighted by atomic mass is 10.2. The normalized spacial score (nSPS) is 21.4. The lowest BCUT2D eigenvalue weighted by Crippen LogP contribution is -2.29. The van der Waals surface area contributed by atoms with Crippen LogP contribution < -0.4 is 10.0 Å². The van der Waals surface area contributed by atoms with Crippen LogP contribution in [0.4, 0.5) is 18.9 Å². The number of alkyl halides is 3. The number of halogens is 3. The molecule has 0 aliphatic carbocycles. The summed E-state index contributed by atoms with van der Waals surface area (Å²) in [4.78, 5) is 0. The van der Waals surface area contributed by atoms with Crippen molar-refractivity contribution in [2.24, 2.45) is 0 Å². The second kappa shape index (κ2) is 6.30. The number of rotatable bonds is 4. The van der Waals surface area contributed by atoms with Gasteiger partial charge in [0.15, 0.2) is 0 Å². The summed E-state index contributed by atoms with van der Waals surface area (Å²) in [6.07, 6.45) is -4.25. The zero-order valence-corrected chi connectivity index (χ0v) is 13.9. The molecule has 2 unspecified atom stereocenters. The summed E-state index contributed by atoms with van der Waals surface area (Å²) < 4.78 is 70.1. The predicted octanol–water partition coefficient (Wildman–Crippen LogP) is 2.24. The molecule has 1 aliphatic heterocycles. The Labute approximate surface area is 141 Å². The van der Waals surface area contributed by atoms with Crippen LogP contribution in [0.25, 0.3) is 0 Å². The zero-order valence-electron chi connectivity index (χ0n) is 13.0. The third-order valence-electron chi connectivity index (χ3n) is 3.84. The van der Waals surface area contributed by atoms with Crippen molar-refractivity contribution >= 4 is 15.7 Å². The first-order valence-electron chi connectivity index (χ1n) is 7.37. The van der Waals surface area contributed by atoms with Crippen LogP contribution in [0.1, 0.15) is 29.8 Å². The summed E-state index contributed by atoms with van der Waals surface area (Å²) in [5.74, 6) is 0.690. The molecule has 0 bridgehead atoms. The SMILES string of the molecule is Cc1nnc(C2CC(S(=O)(=O)Nc3ccc(C(F)(F)F)cc3)CN2)o1. The van der Waals surface area contributed by atoms with Gasteiger partial charge in [-0.15, -0.1) is 10.2 Å². The number of nitrogens with zero attached hydrogens (tertiary/aromatic N) is 2. The van der Waals surface area contributed by atoms with Gasteiger partial charge in [0.2, 0.25) is 21.8 Å². The number of hydrogen-bond acceptors (Lipinski definition) is 6. The monoisotopic (exact) mass is 376 g/mol. The van der Waals surface area contributed by atoms with Crippen molar-refractivity contribution in [1.29, 1.82) is 0 Å². The second-order valence-electron chi connectivity index (χ2n) is 5.70. The third-order valence-corrected chi connectivity index (χ3v) is 5.60. The van der Waals surface area contributed by atoms with Crippen molar-refractivity contribution in [3.63, 3.8) is 0 Å². The minimum atomic E-state index is -4.47. The highest BCUT2D eigenvalue weighted by Gasteiger charge is 2.37. The average Bonchev–Trinajstić information content (AvgIpc) is 3.15. The van der Waals surface area contributed by atoms with Gasteiger partial charge < -0.3 is 9.73 Å². The van der Waals surface area contributed by atoms with Crippen LogP contribution in [-0.4, -0.2) is 30.4 Å². The van der Waals surface area contributed by atoms with Crippen molar-refractivity contribution < 1.29 is 26.0 Å². The molecule has 0 spiro atoms. The van der Waals surface area contributed by atoms with Crippen LogP contribution >= 0.6 is 0 Å². The summed E-state index contributed by atoms with van der Waals surface area (Å²) >= 11 is 0. The number of anilines is 1. The highest BCUT2D eigenvalue weighted by molar-refractivity contribution is 7.93. The van der Waals surface area contributed by atoms with Gasteiger partial charge in [0, 0.05) is 19.2 Å². The van der Waals surface area contributed by atoms with E-state index in [1.54, 1.807) is 6.92 Å². The maximum absolute atomic E-state index is 12.5. The number of aromatic nitrogens is 2. The quantitative estimate of drug-likeness (QED) is 0.850. The minimum Gasteiger partial charge on any atom is -0.424 e. The van der Waals surface area contributed by atoms with Gasteiger partial charge in [-0.2, -0.15) is 13.2 Å². The van der Waals surface area contributed by atoms with Gasteiger partial charge >= 0.3 is 6.18 Å². The summed E-state index contributed by atoms with van der Waals surface area (Å²) in [7, 11) is -3.78. The molecule has 1 fully saturated rings. The summed E-state index contributed by atoms with van der Waals surface area (Å²) in [6, 6.07) is 3.45. The number of aryl methyl sites for hydroxylation is 1. The lowest BCUT2D eigenvalue weighted by molar-refractivity contribution is -0.137. The van der Waals surface area contributed by atoms with E-state index in [2.05, 4.69) is 20.2 Å². The van der Waals surface area contributed by atoms with E-state index in [0.29, 0.717) is 11.8 Å². The first-order valence-corrected chi connectivity index (χ1v) is 8.92. The largest absolute Gasteiger partial charge is 0.424 e. The molecule has 0 radical (unpaired) electrons. The van der Waals surface area contributed by atoms with Crippen molar-refractivity contribution in [3.8, 4) is 0 Å². The molecule has 136 valence electrons. The molecule has 7 nitrogen and oxygen atoms in total. The van der Waals surface area contributed by atoms with E-state index in [1.807, 2.05) is 0 Å². The van der Waals surface area contributed by atoms with E-state index in [1.165, 1.54) is 0 Å². The summed E-state index contributed by atoms with van der Waals surface area (Å²) in [5, 5.41) is 9.78. The minimum absolute atomic E-state index is 0.0742. The third kappa shape index (κ3) is 3.93. The molecule has 0 saturated carbocycles. The van der Waals surface area contributed by atoms with Crippen LogP contribution in [-0.2, 0) is 16.2 Å². The Morgan fingerprint density at radius 1 is 1.24 bits per heavy atom. The Morgan fingerprint density at radius 2 is 1.92 bits per heavy atom. The number of benzene rings is 1. The number of nitrogens with one attached hydrogen (secondary N) is 2. The maximum Gasteiger partial charge on any atom is 0.416 e. The standard InChI is InChI=1S/C14H15F3N4O3S/c1-8-19-20-13(24-8)12-6-11(7-18-12)25(22,23)21-10-4-2-9(3-5-10)14(15,16)17/h2-5,11-12,18,21H,6-7H2,1H3. The molecule has 2 atom stereocenters. The van der Waals surface area contributed by atoms with E-state index >= 15 is 0 Å². The maximum atomic E-state index is 12.5. The van der Waals surface area contributed by atoms with E-state index in [4.69, 9.17) is 4.42 Å². The number of hydrogen-bond donors (Lipinski definition) is 2. The fourth-order valence-corrected chi connectivity index (χ4v) is 3.95. The van der Waals surface area contributed by atoms with Crippen molar-refractivity contribution in [2.45, 2.75) is 30.8 Å². The van der Waals surface area contributed by atoms with Gasteiger partial charge in [-0.1, -0.05) is 0 Å². The van der Waals surface area contributed by atoms with Gasteiger partial charge in [-0.25, -0.2) is 8.42 Å². The Kier molecular flexibility index (Phi) is 4.45. The number of sulfonamides is 1. The lowest BCUT2D eigenvalue weighted by Gasteiger charge is -2.14. The predicted molar refractivity (Wildman–Crippen MR) is 82.2 cm³/mol. The second-order valence-corrected chi connectivity index (χ2v) is 7.66. The molecule has 11 heteroatoms. The van der Waals surface area contributed by atoms with Crippen LogP contribution in [0, 0.1) is 6.92 Å². The van der Waals surface area contributed by atoms with Gasteiger partial charge in [-0.05, 0) is 30.7 Å². The summed E-state index contributed by atoms with van der Waals surface area (Å²) in [6.45, 7) is 1.80. The molecule has 25 heavy (non-hydrogen) atoms. The highest BCUT2D eigenvalue weighted by Crippen LogP contribution is 2.31. The van der Waals surface area contributed by atoms with Crippen molar-refractivity contribution in [3.05, 3.63) is 41.6 Å². The molecule has 1 aromatic heterocycles. The Morgan fingerprint density at radius 3 is 2.48 bits per heavy atom. The Bertz CT molecular complexity index is 849. The first-order chi connectivity index (χ1) is 11.6. The molecule has 2 heterocycles. The molecule has 0 amide bonds. The fourth-order valence-electron chi connectivity index (χ4n) is 2.56. The molecule has 1 aromatic carbocycles. The van der Waals surface area contributed by atoms with Gasteiger partial charge in [-0.3, -0.25) is 4.72 Å². The molecule has 3 rings (SSSR count). The van der Waals surface area contributed by atoms with Crippen LogP contribution in [0.2, 0.25) is 0 Å². The first kappa shape index (κ1) is 17.7. The Hall–Kier alpha value is -2.14. The fraction of sp³-hybridized carbons (Fsp3) is 0.429. The molecule has 1 saturated heterocycles. The highest BCUT2D eigenvalue weighted by atomic mass is 32.2. The molecule has 2 aromatic rings. The van der Waals surface area contributed by atoms with Crippen LogP contribution in [0.3, 0.4) is 0 Å². The molecular formula is C14H15F3N4O3S. The van der Waals surface area contributed by atoms with Gasteiger partial charge in [0.25, 0.3) is 0 Å². The van der Waals surface area contributed by atoms with E-state index in [0.717, 1.165) is 24.3 Å². The van der Waals surface area contributed by atoms with Gasteiger partial charge in [0.05, 0.1) is 16.9 Å². The Balaban J connectivity index is 1.68. The van der Waals surface area contributed by atoms with E-state index in [9.17, 15) is 21.6 Å². The van der Waals surface area contributed by atoms with E-state index in [-0.39, 0.29) is 24.7 Å². The van der Waals surface area contributed by atoms with Crippen LogP contribution in [0.5, 0.6) is 0 Å². The van der Waals surface area contributed by atoms with Crippen molar-refractivity contribution in [1.82, 2.24) is 15.5 Å². The van der Waals surface area contributed by atoms with Gasteiger partial charge in [0.1, 0.15) is 0 Å². The molecular weight excluding hydrogens is 361 g/mol. The molecule has 2 N–H and O–H groups in total. The van der Waals surface area contributed by atoms with Crippen molar-refractivity contribution in [2.75, 3.05) is 11.3 Å².